The predicted octanol–water partition coefficient (Wildman–Crippen LogP) is 1.93. The van der Waals surface area contributed by atoms with Crippen molar-refractivity contribution in [2.75, 3.05) is 26.8 Å². The number of methoxy groups -OCH3 is 1. The van der Waals surface area contributed by atoms with Crippen molar-refractivity contribution in [3.8, 4) is 0 Å². The van der Waals surface area contributed by atoms with E-state index in [9.17, 15) is 0 Å². The first-order valence-electron chi connectivity index (χ1n) is 7.41. The third-order valence-electron chi connectivity index (χ3n) is 3.91. The number of rotatable bonds is 5. The summed E-state index contributed by atoms with van der Waals surface area (Å²) in [5.74, 6) is 1.14. The van der Waals surface area contributed by atoms with Crippen molar-refractivity contribution in [1.82, 2.24) is 19.9 Å². The largest absolute Gasteiger partial charge is 0.385 e. The highest BCUT2D eigenvalue weighted by Gasteiger charge is 2.21. The van der Waals surface area contributed by atoms with Crippen LogP contribution in [0.25, 0.3) is 11.2 Å². The van der Waals surface area contributed by atoms with Gasteiger partial charge in [-0.15, -0.1) is 0 Å². The number of piperidine rings is 1. The molecule has 2 aromatic rings. The minimum atomic E-state index is 0.473. The average Bonchev–Trinajstić information content (AvgIpc) is 2.86. The third-order valence-corrected chi connectivity index (χ3v) is 3.91. The monoisotopic (exact) mass is 274 g/mol. The van der Waals surface area contributed by atoms with Crippen molar-refractivity contribution in [2.45, 2.75) is 31.7 Å². The van der Waals surface area contributed by atoms with Gasteiger partial charge in [0, 0.05) is 38.9 Å². The van der Waals surface area contributed by atoms with Gasteiger partial charge in [-0.1, -0.05) is 0 Å². The van der Waals surface area contributed by atoms with Gasteiger partial charge >= 0.3 is 0 Å². The molecule has 0 spiro atoms. The molecule has 1 saturated heterocycles. The number of aromatic nitrogens is 3. The fraction of sp³-hybridized carbons (Fsp3) is 0.600. The molecule has 5 nitrogen and oxygen atoms in total. The number of pyridine rings is 1. The van der Waals surface area contributed by atoms with Gasteiger partial charge in [0.2, 0.25) is 0 Å². The summed E-state index contributed by atoms with van der Waals surface area (Å²) in [5, 5.41) is 3.48. The summed E-state index contributed by atoms with van der Waals surface area (Å²) in [6.07, 6.45) is 6.22. The SMILES string of the molecule is COCCCc1nc2cccnc2n1C1CCCNC1. The van der Waals surface area contributed by atoms with Gasteiger partial charge in [-0.25, -0.2) is 9.97 Å². The van der Waals surface area contributed by atoms with Crippen LogP contribution in [0.5, 0.6) is 0 Å². The number of aryl methyl sites for hydroxylation is 1. The van der Waals surface area contributed by atoms with E-state index in [1.165, 1.54) is 12.8 Å². The molecule has 1 aliphatic rings. The van der Waals surface area contributed by atoms with Crippen molar-refractivity contribution < 1.29 is 4.74 Å². The number of ether oxygens (including phenoxy) is 1. The minimum absolute atomic E-state index is 0.473. The zero-order valence-corrected chi connectivity index (χ0v) is 12.0. The Bertz CT molecular complexity index is 560. The molecule has 1 N–H and O–H groups in total. The molecular formula is C15H22N4O. The molecule has 108 valence electrons. The third kappa shape index (κ3) is 2.69. The van der Waals surface area contributed by atoms with Gasteiger partial charge in [0.1, 0.15) is 11.3 Å². The molecule has 0 aromatic carbocycles. The summed E-state index contributed by atoms with van der Waals surface area (Å²) in [7, 11) is 1.75. The number of nitrogens with one attached hydrogen (secondary N) is 1. The van der Waals surface area contributed by atoms with Crippen LogP contribution >= 0.6 is 0 Å². The maximum atomic E-state index is 5.16. The molecule has 0 amide bonds. The van der Waals surface area contributed by atoms with Crippen molar-refractivity contribution >= 4 is 11.2 Å². The van der Waals surface area contributed by atoms with Gasteiger partial charge in [-0.05, 0) is 37.9 Å². The molecule has 1 atom stereocenters. The van der Waals surface area contributed by atoms with Crippen LogP contribution in [-0.2, 0) is 11.2 Å². The molecule has 0 bridgehead atoms. The summed E-state index contributed by atoms with van der Waals surface area (Å²) in [6.45, 7) is 2.91. The summed E-state index contributed by atoms with van der Waals surface area (Å²) in [4.78, 5) is 9.32. The highest BCUT2D eigenvalue weighted by Crippen LogP contribution is 2.24. The topological polar surface area (TPSA) is 52.0 Å². The first-order chi connectivity index (χ1) is 9.90. The minimum Gasteiger partial charge on any atom is -0.385 e. The first-order valence-corrected chi connectivity index (χ1v) is 7.41. The van der Waals surface area contributed by atoms with Gasteiger partial charge in [0.25, 0.3) is 0 Å². The molecule has 20 heavy (non-hydrogen) atoms. The Morgan fingerprint density at radius 2 is 2.45 bits per heavy atom. The predicted molar refractivity (Wildman–Crippen MR) is 78.9 cm³/mol. The molecule has 0 radical (unpaired) electrons. The Kier molecular flexibility index (Phi) is 4.28. The van der Waals surface area contributed by atoms with Gasteiger partial charge < -0.3 is 14.6 Å². The zero-order chi connectivity index (χ0) is 13.8. The van der Waals surface area contributed by atoms with Crippen LogP contribution in [-0.4, -0.2) is 41.3 Å². The van der Waals surface area contributed by atoms with Crippen LogP contribution in [0.4, 0.5) is 0 Å². The Morgan fingerprint density at radius 3 is 3.25 bits per heavy atom. The van der Waals surface area contributed by atoms with Crippen LogP contribution in [0.1, 0.15) is 31.1 Å². The van der Waals surface area contributed by atoms with E-state index in [4.69, 9.17) is 9.72 Å². The van der Waals surface area contributed by atoms with Crippen LogP contribution in [0.3, 0.4) is 0 Å². The van der Waals surface area contributed by atoms with Crippen molar-refractivity contribution in [2.24, 2.45) is 0 Å². The van der Waals surface area contributed by atoms with E-state index in [-0.39, 0.29) is 0 Å². The van der Waals surface area contributed by atoms with Crippen LogP contribution in [0.2, 0.25) is 0 Å². The lowest BCUT2D eigenvalue weighted by Crippen LogP contribution is -2.32. The van der Waals surface area contributed by atoms with Crippen LogP contribution in [0, 0.1) is 0 Å². The summed E-state index contributed by atoms with van der Waals surface area (Å²) < 4.78 is 7.50. The lowest BCUT2D eigenvalue weighted by molar-refractivity contribution is 0.194. The molecule has 1 fully saturated rings. The maximum Gasteiger partial charge on any atom is 0.160 e. The van der Waals surface area contributed by atoms with E-state index in [1.807, 2.05) is 12.3 Å². The molecule has 2 aromatic heterocycles. The van der Waals surface area contributed by atoms with E-state index in [1.54, 1.807) is 7.11 Å². The molecule has 3 heterocycles. The molecule has 1 aliphatic heterocycles. The smallest absolute Gasteiger partial charge is 0.160 e. The first kappa shape index (κ1) is 13.5. The average molecular weight is 274 g/mol. The standard InChI is InChI=1S/C15H22N4O/c1-20-10-4-7-14-18-13-6-3-9-17-15(13)19(14)12-5-2-8-16-11-12/h3,6,9,12,16H,2,4-5,7-8,10-11H2,1H3. The van der Waals surface area contributed by atoms with Gasteiger partial charge in [-0.3, -0.25) is 0 Å². The molecular weight excluding hydrogens is 252 g/mol. The van der Waals surface area contributed by atoms with E-state index in [0.717, 1.165) is 49.5 Å². The number of hydrogen-bond acceptors (Lipinski definition) is 4. The molecule has 5 heteroatoms. The summed E-state index contributed by atoms with van der Waals surface area (Å²) >= 11 is 0. The van der Waals surface area contributed by atoms with Crippen molar-refractivity contribution in [3.63, 3.8) is 0 Å². The quantitative estimate of drug-likeness (QED) is 0.847. The van der Waals surface area contributed by atoms with E-state index in [2.05, 4.69) is 20.9 Å². The second-order valence-corrected chi connectivity index (χ2v) is 5.34. The number of fused-ring (bicyclic) bond motifs is 1. The number of nitrogens with zero attached hydrogens (tertiary/aromatic N) is 3. The number of imidazole rings is 1. The Hall–Kier alpha value is -1.46. The van der Waals surface area contributed by atoms with Gasteiger partial charge in [0.15, 0.2) is 5.65 Å². The molecule has 1 unspecified atom stereocenters. The lowest BCUT2D eigenvalue weighted by atomic mass is 10.1. The fourth-order valence-corrected chi connectivity index (χ4v) is 2.96. The lowest BCUT2D eigenvalue weighted by Gasteiger charge is -2.26. The Morgan fingerprint density at radius 1 is 1.50 bits per heavy atom. The zero-order valence-electron chi connectivity index (χ0n) is 12.0. The maximum absolute atomic E-state index is 5.16. The normalized spacial score (nSPS) is 19.6. The van der Waals surface area contributed by atoms with E-state index < -0.39 is 0 Å². The molecule has 3 rings (SSSR count). The summed E-state index contributed by atoms with van der Waals surface area (Å²) in [5.41, 5.74) is 2.03. The second kappa shape index (κ2) is 6.33. The van der Waals surface area contributed by atoms with Crippen LogP contribution in [0.15, 0.2) is 18.3 Å². The Balaban J connectivity index is 1.94. The van der Waals surface area contributed by atoms with Crippen molar-refractivity contribution in [3.05, 3.63) is 24.2 Å². The fourth-order valence-electron chi connectivity index (χ4n) is 2.96. The highest BCUT2D eigenvalue weighted by atomic mass is 16.5. The van der Waals surface area contributed by atoms with Gasteiger partial charge in [-0.2, -0.15) is 0 Å². The Labute approximate surface area is 119 Å². The second-order valence-electron chi connectivity index (χ2n) is 5.34. The highest BCUT2D eigenvalue weighted by molar-refractivity contribution is 5.71. The number of hydrogen-bond donors (Lipinski definition) is 1. The molecule has 0 saturated carbocycles. The van der Waals surface area contributed by atoms with E-state index >= 15 is 0 Å². The van der Waals surface area contributed by atoms with Crippen molar-refractivity contribution in [1.29, 1.82) is 0 Å². The van der Waals surface area contributed by atoms with E-state index in [0.29, 0.717) is 6.04 Å². The van der Waals surface area contributed by atoms with Gasteiger partial charge in [0.05, 0.1) is 0 Å². The van der Waals surface area contributed by atoms with Crippen LogP contribution < -0.4 is 5.32 Å². The summed E-state index contributed by atoms with van der Waals surface area (Å²) in [6, 6.07) is 4.48. The molecule has 0 aliphatic carbocycles.